The molecule has 4 unspecified atom stereocenters. The number of aliphatic imine (C=N–C) groups is 1. The first-order chi connectivity index (χ1) is 18.8. The summed E-state index contributed by atoms with van der Waals surface area (Å²) >= 11 is 1.40. The molecule has 0 fully saturated rings. The Labute approximate surface area is 235 Å². The van der Waals surface area contributed by atoms with E-state index in [-0.39, 0.29) is 43.9 Å². The van der Waals surface area contributed by atoms with Crippen molar-refractivity contribution in [3.05, 3.63) is 29.8 Å². The number of nitrogens with zero attached hydrogens (tertiary/aromatic N) is 1. The minimum atomic E-state index is -1.39. The van der Waals surface area contributed by atoms with Gasteiger partial charge in [-0.1, -0.05) is 12.1 Å². The number of thioether (sulfide) groups is 1. The fraction of sp³-hybridized carbons (Fsp3) is 0.500. The summed E-state index contributed by atoms with van der Waals surface area (Å²) in [5, 5.41) is 35.4. The Balaban J connectivity index is 3.08. The van der Waals surface area contributed by atoms with Crippen LogP contribution in [0.2, 0.25) is 0 Å². The molecule has 0 aliphatic carbocycles. The summed E-state index contributed by atoms with van der Waals surface area (Å²) in [6.07, 6.45) is 1.48. The van der Waals surface area contributed by atoms with Gasteiger partial charge in [0.15, 0.2) is 5.96 Å². The van der Waals surface area contributed by atoms with Gasteiger partial charge in [-0.3, -0.25) is 24.2 Å². The molecule has 0 heterocycles. The van der Waals surface area contributed by atoms with Crippen molar-refractivity contribution in [2.45, 2.75) is 56.3 Å². The fourth-order valence-corrected chi connectivity index (χ4v) is 3.92. The van der Waals surface area contributed by atoms with Crippen molar-refractivity contribution in [3.63, 3.8) is 0 Å². The van der Waals surface area contributed by atoms with E-state index >= 15 is 0 Å². The third kappa shape index (κ3) is 13.1. The first kappa shape index (κ1) is 34.0. The molecular formula is C24H37N7O8S. The standard InChI is InChI=1S/C24H37N7O8S/c1-40-10-8-17(29-20(35)15(25)12-19(33)34)22(37)30-16(3-2-9-28-24(26)27)21(36)31-18(23(38)39)11-13-4-6-14(32)7-5-13/h4-7,15-18,32H,2-3,8-12,25H2,1H3,(H,29,35)(H,30,37)(H,31,36)(H,33,34)(H,38,39)(H4,26,27,28). The van der Waals surface area contributed by atoms with Crippen LogP contribution in [0.1, 0.15) is 31.2 Å². The Morgan fingerprint density at radius 2 is 1.45 bits per heavy atom. The molecule has 12 N–H and O–H groups in total. The molecule has 1 rings (SSSR count). The van der Waals surface area contributed by atoms with Crippen molar-refractivity contribution in [2.24, 2.45) is 22.2 Å². The average Bonchev–Trinajstić information content (AvgIpc) is 2.88. The number of nitrogens with one attached hydrogen (secondary N) is 3. The highest BCUT2D eigenvalue weighted by molar-refractivity contribution is 7.98. The van der Waals surface area contributed by atoms with E-state index in [1.165, 1.54) is 36.0 Å². The van der Waals surface area contributed by atoms with Crippen LogP contribution in [-0.4, -0.2) is 93.7 Å². The van der Waals surface area contributed by atoms with Crippen LogP contribution in [0.25, 0.3) is 0 Å². The summed E-state index contributed by atoms with van der Waals surface area (Å²) in [6, 6.07) is 0.694. The zero-order chi connectivity index (χ0) is 30.2. The van der Waals surface area contributed by atoms with Crippen LogP contribution in [0.4, 0.5) is 0 Å². The lowest BCUT2D eigenvalue weighted by atomic mass is 10.0. The van der Waals surface area contributed by atoms with E-state index in [2.05, 4.69) is 20.9 Å². The lowest BCUT2D eigenvalue weighted by Crippen LogP contribution is -2.57. The maximum atomic E-state index is 13.2. The average molecular weight is 584 g/mol. The molecule has 0 saturated heterocycles. The van der Waals surface area contributed by atoms with Gasteiger partial charge in [0.25, 0.3) is 0 Å². The van der Waals surface area contributed by atoms with Gasteiger partial charge in [0.1, 0.15) is 23.9 Å². The molecule has 222 valence electrons. The summed E-state index contributed by atoms with van der Waals surface area (Å²) in [5.74, 6) is -4.70. The normalized spacial score (nSPS) is 13.7. The first-order valence-corrected chi connectivity index (χ1v) is 13.7. The third-order valence-electron chi connectivity index (χ3n) is 5.54. The number of phenolic OH excluding ortho intramolecular Hbond substituents is 1. The maximum absolute atomic E-state index is 13.2. The molecule has 4 atom stereocenters. The van der Waals surface area contributed by atoms with Gasteiger partial charge in [-0.25, -0.2) is 4.79 Å². The van der Waals surface area contributed by atoms with Crippen molar-refractivity contribution in [3.8, 4) is 5.75 Å². The number of hydrogen-bond acceptors (Lipinski definition) is 9. The number of carbonyl (C=O) groups excluding carboxylic acids is 3. The quantitative estimate of drug-likeness (QED) is 0.0520. The van der Waals surface area contributed by atoms with Crippen molar-refractivity contribution < 1.29 is 39.3 Å². The monoisotopic (exact) mass is 583 g/mol. The highest BCUT2D eigenvalue weighted by atomic mass is 32.2. The van der Waals surface area contributed by atoms with Crippen LogP contribution in [-0.2, 0) is 30.4 Å². The van der Waals surface area contributed by atoms with Gasteiger partial charge in [-0.15, -0.1) is 0 Å². The molecule has 1 aromatic carbocycles. The summed E-state index contributed by atoms with van der Waals surface area (Å²) in [6.45, 7) is 0.133. The van der Waals surface area contributed by atoms with E-state index in [0.717, 1.165) is 0 Å². The zero-order valence-corrected chi connectivity index (χ0v) is 22.9. The van der Waals surface area contributed by atoms with E-state index in [1.54, 1.807) is 6.26 Å². The van der Waals surface area contributed by atoms with Crippen molar-refractivity contribution in [1.29, 1.82) is 0 Å². The number of carbonyl (C=O) groups is 5. The summed E-state index contributed by atoms with van der Waals surface area (Å²) in [5.41, 5.74) is 16.8. The molecule has 40 heavy (non-hydrogen) atoms. The molecule has 0 aliphatic rings. The number of amides is 3. The van der Waals surface area contributed by atoms with Gasteiger partial charge in [0.2, 0.25) is 17.7 Å². The number of rotatable bonds is 18. The van der Waals surface area contributed by atoms with Crippen LogP contribution in [0.5, 0.6) is 5.75 Å². The molecule has 0 bridgehead atoms. The highest BCUT2D eigenvalue weighted by Crippen LogP contribution is 2.12. The maximum Gasteiger partial charge on any atom is 0.326 e. The van der Waals surface area contributed by atoms with Crippen LogP contribution < -0.4 is 33.2 Å². The van der Waals surface area contributed by atoms with E-state index in [4.69, 9.17) is 22.3 Å². The second-order valence-electron chi connectivity index (χ2n) is 8.83. The largest absolute Gasteiger partial charge is 0.508 e. The zero-order valence-electron chi connectivity index (χ0n) is 22.0. The number of carboxylic acid groups (broad SMARTS) is 2. The molecule has 3 amide bonds. The molecule has 0 aliphatic heterocycles. The van der Waals surface area contributed by atoms with Crippen LogP contribution in [0.3, 0.4) is 0 Å². The molecular weight excluding hydrogens is 546 g/mol. The number of hydrogen-bond donors (Lipinski definition) is 9. The van der Waals surface area contributed by atoms with Gasteiger partial charge >= 0.3 is 11.9 Å². The minimum absolute atomic E-state index is 0.00440. The summed E-state index contributed by atoms with van der Waals surface area (Å²) < 4.78 is 0. The van der Waals surface area contributed by atoms with Crippen molar-refractivity contribution >= 4 is 47.4 Å². The Bertz CT molecular complexity index is 1050. The molecule has 15 nitrogen and oxygen atoms in total. The number of guanidine groups is 1. The van der Waals surface area contributed by atoms with Crippen LogP contribution in [0.15, 0.2) is 29.3 Å². The molecule has 0 spiro atoms. The predicted molar refractivity (Wildman–Crippen MR) is 148 cm³/mol. The number of nitrogens with two attached hydrogens (primary N) is 3. The predicted octanol–water partition coefficient (Wildman–Crippen LogP) is -1.92. The SMILES string of the molecule is CSCCC(NC(=O)C(N)CC(=O)O)C(=O)NC(CCCN=C(N)N)C(=O)NC(Cc1ccc(O)cc1)C(=O)O. The second-order valence-corrected chi connectivity index (χ2v) is 9.81. The lowest BCUT2D eigenvalue weighted by Gasteiger charge is -2.25. The number of aromatic hydroxyl groups is 1. The van der Waals surface area contributed by atoms with Gasteiger partial charge in [0.05, 0.1) is 12.5 Å². The van der Waals surface area contributed by atoms with E-state index in [1.807, 2.05) is 0 Å². The Morgan fingerprint density at radius 3 is 1.98 bits per heavy atom. The smallest absolute Gasteiger partial charge is 0.326 e. The van der Waals surface area contributed by atoms with Crippen LogP contribution in [0, 0.1) is 0 Å². The van der Waals surface area contributed by atoms with Crippen molar-refractivity contribution in [2.75, 3.05) is 18.6 Å². The Morgan fingerprint density at radius 1 is 0.900 bits per heavy atom. The second kappa shape index (κ2) is 17.5. The van der Waals surface area contributed by atoms with E-state index in [0.29, 0.717) is 11.3 Å². The number of carboxylic acids is 2. The summed E-state index contributed by atoms with van der Waals surface area (Å²) in [4.78, 5) is 65.3. The molecule has 0 saturated carbocycles. The molecule has 0 radical (unpaired) electrons. The Hall–Kier alpha value is -4.05. The molecule has 16 heteroatoms. The number of benzene rings is 1. The third-order valence-corrected chi connectivity index (χ3v) is 6.19. The molecule has 0 aromatic heterocycles. The minimum Gasteiger partial charge on any atom is -0.508 e. The van der Waals surface area contributed by atoms with E-state index < -0.39 is 60.2 Å². The highest BCUT2D eigenvalue weighted by Gasteiger charge is 2.30. The number of phenols is 1. The lowest BCUT2D eigenvalue weighted by molar-refractivity contribution is -0.142. The molecule has 1 aromatic rings. The number of aliphatic carboxylic acids is 2. The van der Waals surface area contributed by atoms with Gasteiger partial charge in [0, 0.05) is 13.0 Å². The Kier molecular flexibility index (Phi) is 14.9. The van der Waals surface area contributed by atoms with Gasteiger partial charge < -0.3 is 48.5 Å². The van der Waals surface area contributed by atoms with Gasteiger partial charge in [-0.2, -0.15) is 11.8 Å². The first-order valence-electron chi connectivity index (χ1n) is 12.3. The fourth-order valence-electron chi connectivity index (χ4n) is 3.45. The summed E-state index contributed by atoms with van der Waals surface area (Å²) in [7, 11) is 0. The van der Waals surface area contributed by atoms with Crippen molar-refractivity contribution in [1.82, 2.24) is 16.0 Å². The van der Waals surface area contributed by atoms with E-state index in [9.17, 15) is 34.2 Å². The topological polar surface area (TPSA) is 273 Å². The van der Waals surface area contributed by atoms with Gasteiger partial charge in [-0.05, 0) is 49.0 Å². The van der Waals surface area contributed by atoms with Crippen LogP contribution >= 0.6 is 11.8 Å².